The summed E-state index contributed by atoms with van der Waals surface area (Å²) in [7, 11) is 2.09. The van der Waals surface area contributed by atoms with Gasteiger partial charge in [-0.2, -0.15) is 0 Å². The second-order valence-corrected chi connectivity index (χ2v) is 2.69. The van der Waals surface area contributed by atoms with Crippen LogP contribution in [0.2, 0.25) is 0 Å². The smallest absolute Gasteiger partial charge is 0.0383 e. The zero-order valence-electron chi connectivity index (χ0n) is 6.72. The van der Waals surface area contributed by atoms with Gasteiger partial charge in [0.2, 0.25) is 0 Å². The quantitative estimate of drug-likeness (QED) is 0.597. The third-order valence-corrected chi connectivity index (χ3v) is 1.74. The molecule has 0 fully saturated rings. The van der Waals surface area contributed by atoms with Crippen molar-refractivity contribution in [3.63, 3.8) is 0 Å². The Morgan fingerprint density at radius 2 is 2.00 bits per heavy atom. The van der Waals surface area contributed by atoms with Crippen LogP contribution in [0.3, 0.4) is 0 Å². The summed E-state index contributed by atoms with van der Waals surface area (Å²) in [6.07, 6.45) is 4.27. The first-order valence-corrected chi connectivity index (χ1v) is 3.25. The Bertz CT molecular complexity index is 170. The molecule has 10 heavy (non-hydrogen) atoms. The summed E-state index contributed by atoms with van der Waals surface area (Å²) in [6, 6.07) is 0. The Labute approximate surface area is 79.8 Å². The van der Waals surface area contributed by atoms with E-state index in [0.29, 0.717) is 0 Å². The molecule has 1 aliphatic rings. The van der Waals surface area contributed by atoms with Crippen LogP contribution >= 0.6 is 24.0 Å². The molecule has 0 atom stereocenters. The normalized spacial score (nSPS) is 17.3. The van der Waals surface area contributed by atoms with Crippen LogP contribution < -0.4 is 0 Å². The van der Waals surface area contributed by atoms with E-state index in [4.69, 9.17) is 0 Å². The van der Waals surface area contributed by atoms with Gasteiger partial charge in [-0.1, -0.05) is 5.57 Å². The van der Waals surface area contributed by atoms with E-state index in [2.05, 4.69) is 38.1 Å². The zero-order valence-corrected chi connectivity index (χ0v) is 9.05. The SMILES string of the molecule is CC1=C(C)CN(C)C=C1.I. The highest BCUT2D eigenvalue weighted by Crippen LogP contribution is 2.11. The molecule has 58 valence electrons. The first-order valence-electron chi connectivity index (χ1n) is 3.25. The predicted molar refractivity (Wildman–Crippen MR) is 55.6 cm³/mol. The molecule has 0 bridgehead atoms. The van der Waals surface area contributed by atoms with Gasteiger partial charge in [0, 0.05) is 13.6 Å². The third kappa shape index (κ3) is 2.33. The molecule has 1 nitrogen and oxygen atoms in total. The average Bonchev–Trinajstić information content (AvgIpc) is 1.80. The second kappa shape index (κ2) is 4.01. The van der Waals surface area contributed by atoms with Gasteiger partial charge >= 0.3 is 0 Å². The van der Waals surface area contributed by atoms with Gasteiger partial charge in [-0.05, 0) is 31.7 Å². The molecule has 2 heteroatoms. The lowest BCUT2D eigenvalue weighted by atomic mass is 10.1. The van der Waals surface area contributed by atoms with Crippen LogP contribution in [0, 0.1) is 0 Å². The van der Waals surface area contributed by atoms with Crippen molar-refractivity contribution >= 4 is 24.0 Å². The van der Waals surface area contributed by atoms with Gasteiger partial charge in [0.25, 0.3) is 0 Å². The summed E-state index contributed by atoms with van der Waals surface area (Å²) < 4.78 is 0. The number of hydrogen-bond acceptors (Lipinski definition) is 1. The molecule has 1 heterocycles. The second-order valence-electron chi connectivity index (χ2n) is 2.69. The van der Waals surface area contributed by atoms with Crippen LogP contribution in [0.15, 0.2) is 23.4 Å². The van der Waals surface area contributed by atoms with Crippen molar-refractivity contribution in [2.45, 2.75) is 13.8 Å². The minimum absolute atomic E-state index is 0. The summed E-state index contributed by atoms with van der Waals surface area (Å²) in [5, 5.41) is 0. The third-order valence-electron chi connectivity index (χ3n) is 1.74. The minimum atomic E-state index is 0. The van der Waals surface area contributed by atoms with Gasteiger partial charge < -0.3 is 4.90 Å². The minimum Gasteiger partial charge on any atom is -0.376 e. The number of hydrogen-bond donors (Lipinski definition) is 0. The standard InChI is InChI=1S/C8H13N.HI/c1-7-4-5-9(3)6-8(7)2;/h4-5H,6H2,1-3H3;1H. The predicted octanol–water partition coefficient (Wildman–Crippen LogP) is 2.40. The lowest BCUT2D eigenvalue weighted by Gasteiger charge is -2.19. The maximum atomic E-state index is 2.18. The molecule has 1 aliphatic heterocycles. The Kier molecular flexibility index (Phi) is 4.01. The number of allylic oxidation sites excluding steroid dienone is 2. The van der Waals surface area contributed by atoms with E-state index in [0.717, 1.165) is 6.54 Å². The van der Waals surface area contributed by atoms with Crippen molar-refractivity contribution in [2.24, 2.45) is 0 Å². The molecular formula is C8H14IN. The van der Waals surface area contributed by atoms with Gasteiger partial charge in [0.05, 0.1) is 0 Å². The molecule has 0 aromatic heterocycles. The van der Waals surface area contributed by atoms with Crippen molar-refractivity contribution in [2.75, 3.05) is 13.6 Å². The molecule has 0 aliphatic carbocycles. The molecular weight excluding hydrogens is 237 g/mol. The average molecular weight is 251 g/mol. The Hall–Kier alpha value is 0.01000. The number of nitrogens with zero attached hydrogens (tertiary/aromatic N) is 1. The number of halogens is 1. The highest BCUT2D eigenvalue weighted by Gasteiger charge is 2.01. The van der Waals surface area contributed by atoms with Crippen LogP contribution in [0.5, 0.6) is 0 Å². The summed E-state index contributed by atoms with van der Waals surface area (Å²) >= 11 is 0. The van der Waals surface area contributed by atoms with E-state index >= 15 is 0 Å². The topological polar surface area (TPSA) is 3.24 Å². The van der Waals surface area contributed by atoms with E-state index in [1.54, 1.807) is 0 Å². The molecule has 0 unspecified atom stereocenters. The van der Waals surface area contributed by atoms with Gasteiger partial charge in [-0.15, -0.1) is 24.0 Å². The van der Waals surface area contributed by atoms with Crippen LogP contribution in [-0.4, -0.2) is 18.5 Å². The van der Waals surface area contributed by atoms with Gasteiger partial charge in [-0.25, -0.2) is 0 Å². The molecule has 0 amide bonds. The highest BCUT2D eigenvalue weighted by molar-refractivity contribution is 14.0. The largest absolute Gasteiger partial charge is 0.376 e. The van der Waals surface area contributed by atoms with E-state index in [1.165, 1.54) is 11.1 Å². The number of rotatable bonds is 0. The molecule has 0 radical (unpaired) electrons. The molecule has 0 N–H and O–H groups in total. The van der Waals surface area contributed by atoms with E-state index < -0.39 is 0 Å². The summed E-state index contributed by atoms with van der Waals surface area (Å²) in [5.41, 5.74) is 2.88. The molecule has 0 spiro atoms. The molecule has 0 aromatic carbocycles. The Morgan fingerprint density at radius 1 is 1.40 bits per heavy atom. The van der Waals surface area contributed by atoms with Crippen LogP contribution in [-0.2, 0) is 0 Å². The summed E-state index contributed by atoms with van der Waals surface area (Å²) in [4.78, 5) is 2.18. The van der Waals surface area contributed by atoms with E-state index in [9.17, 15) is 0 Å². The fourth-order valence-corrected chi connectivity index (χ4v) is 0.933. The maximum absolute atomic E-state index is 2.18. The molecule has 0 saturated carbocycles. The molecule has 0 aromatic rings. The van der Waals surface area contributed by atoms with Crippen molar-refractivity contribution < 1.29 is 0 Å². The molecule has 0 saturated heterocycles. The monoisotopic (exact) mass is 251 g/mol. The van der Waals surface area contributed by atoms with E-state index in [-0.39, 0.29) is 24.0 Å². The fourth-order valence-electron chi connectivity index (χ4n) is 0.933. The van der Waals surface area contributed by atoms with Gasteiger partial charge in [-0.3, -0.25) is 0 Å². The van der Waals surface area contributed by atoms with Crippen molar-refractivity contribution in [1.82, 2.24) is 4.90 Å². The molecule has 1 rings (SSSR count). The van der Waals surface area contributed by atoms with Crippen molar-refractivity contribution in [3.05, 3.63) is 23.4 Å². The lowest BCUT2D eigenvalue weighted by Crippen LogP contribution is -2.16. The first-order chi connectivity index (χ1) is 4.20. The van der Waals surface area contributed by atoms with E-state index in [1.807, 2.05) is 0 Å². The van der Waals surface area contributed by atoms with Crippen LogP contribution in [0.25, 0.3) is 0 Å². The van der Waals surface area contributed by atoms with Crippen LogP contribution in [0.4, 0.5) is 0 Å². The maximum Gasteiger partial charge on any atom is 0.0383 e. The Balaban J connectivity index is 0.000000810. The first kappa shape index (κ1) is 10.0. The van der Waals surface area contributed by atoms with Crippen molar-refractivity contribution in [3.8, 4) is 0 Å². The Morgan fingerprint density at radius 3 is 2.40 bits per heavy atom. The van der Waals surface area contributed by atoms with Crippen LogP contribution in [0.1, 0.15) is 13.8 Å². The summed E-state index contributed by atoms with van der Waals surface area (Å²) in [6.45, 7) is 5.41. The van der Waals surface area contributed by atoms with Gasteiger partial charge in [0.15, 0.2) is 0 Å². The number of likely N-dealkylation sites (N-methyl/N-ethyl adjacent to an activating group) is 1. The lowest BCUT2D eigenvalue weighted by molar-refractivity contribution is 0.487. The zero-order chi connectivity index (χ0) is 6.85. The van der Waals surface area contributed by atoms with Gasteiger partial charge in [0.1, 0.15) is 0 Å². The summed E-state index contributed by atoms with van der Waals surface area (Å²) in [5.74, 6) is 0. The van der Waals surface area contributed by atoms with Crippen molar-refractivity contribution in [1.29, 1.82) is 0 Å². The fraction of sp³-hybridized carbons (Fsp3) is 0.500. The highest BCUT2D eigenvalue weighted by atomic mass is 127.